The Kier molecular flexibility index (Phi) is 5.79. The third kappa shape index (κ3) is 3.77. The van der Waals surface area contributed by atoms with E-state index in [2.05, 4.69) is 0 Å². The minimum atomic E-state index is -0.867. The standard InChI is InChI=1S/C17H19O4P/c1-20-13-7-3-5-9-15(13)22(12-11-17(18)19)16-10-6-4-8-14(16)21-2/h3-10H,11-12H2,1-2H3,(H,18,19). The van der Waals surface area contributed by atoms with E-state index in [1.165, 1.54) is 0 Å². The van der Waals surface area contributed by atoms with Crippen LogP contribution in [0.4, 0.5) is 0 Å². The van der Waals surface area contributed by atoms with E-state index >= 15 is 0 Å². The average Bonchev–Trinajstić information content (AvgIpc) is 2.55. The summed E-state index contributed by atoms with van der Waals surface area (Å²) in [6.45, 7) is 0. The van der Waals surface area contributed by atoms with Gasteiger partial charge in [0.15, 0.2) is 0 Å². The number of carbonyl (C=O) groups is 1. The number of ether oxygens (including phenoxy) is 2. The molecule has 116 valence electrons. The fraction of sp³-hybridized carbons (Fsp3) is 0.235. The normalized spacial score (nSPS) is 10.5. The van der Waals surface area contributed by atoms with E-state index in [9.17, 15) is 4.79 Å². The van der Waals surface area contributed by atoms with Crippen molar-refractivity contribution in [3.8, 4) is 11.5 Å². The monoisotopic (exact) mass is 318 g/mol. The van der Waals surface area contributed by atoms with Crippen LogP contribution >= 0.6 is 7.92 Å². The van der Waals surface area contributed by atoms with Crippen LogP contribution in [0.25, 0.3) is 0 Å². The maximum absolute atomic E-state index is 11.0. The Balaban J connectivity index is 2.48. The lowest BCUT2D eigenvalue weighted by Crippen LogP contribution is -2.19. The van der Waals surface area contributed by atoms with Gasteiger partial charge >= 0.3 is 5.97 Å². The van der Waals surface area contributed by atoms with Gasteiger partial charge in [-0.1, -0.05) is 36.4 Å². The molecule has 4 nitrogen and oxygen atoms in total. The number of carboxylic acids is 1. The van der Waals surface area contributed by atoms with Gasteiger partial charge in [-0.25, -0.2) is 0 Å². The molecule has 2 rings (SSSR count). The predicted octanol–water partition coefficient (Wildman–Crippen LogP) is 2.61. The van der Waals surface area contributed by atoms with Gasteiger partial charge in [-0.3, -0.25) is 4.79 Å². The molecule has 0 aliphatic carbocycles. The molecule has 2 aromatic rings. The molecule has 0 bridgehead atoms. The lowest BCUT2D eigenvalue weighted by molar-refractivity contribution is -0.136. The van der Waals surface area contributed by atoms with Gasteiger partial charge in [-0.2, -0.15) is 0 Å². The van der Waals surface area contributed by atoms with Crippen molar-refractivity contribution in [3.63, 3.8) is 0 Å². The molecule has 0 atom stereocenters. The Morgan fingerprint density at radius 3 is 1.82 bits per heavy atom. The van der Waals surface area contributed by atoms with Crippen molar-refractivity contribution in [1.82, 2.24) is 0 Å². The van der Waals surface area contributed by atoms with Crippen molar-refractivity contribution in [2.75, 3.05) is 20.4 Å². The lowest BCUT2D eigenvalue weighted by atomic mass is 10.3. The number of hydrogen-bond donors (Lipinski definition) is 1. The third-order valence-electron chi connectivity index (χ3n) is 3.30. The van der Waals surface area contributed by atoms with Gasteiger partial charge in [0, 0.05) is 17.0 Å². The first-order valence-corrected chi connectivity index (χ1v) is 8.45. The fourth-order valence-electron chi connectivity index (χ4n) is 2.28. The summed E-state index contributed by atoms with van der Waals surface area (Å²) in [7, 11) is 2.39. The zero-order chi connectivity index (χ0) is 15.9. The first kappa shape index (κ1) is 16.3. The molecule has 0 saturated heterocycles. The SMILES string of the molecule is COc1ccccc1P(CCC(=O)O)c1ccccc1OC. The van der Waals surface area contributed by atoms with Crippen molar-refractivity contribution in [2.24, 2.45) is 0 Å². The molecule has 0 radical (unpaired) electrons. The van der Waals surface area contributed by atoms with E-state index in [0.29, 0.717) is 6.16 Å². The summed E-state index contributed by atoms with van der Waals surface area (Å²) >= 11 is 0. The van der Waals surface area contributed by atoms with Gasteiger partial charge in [-0.15, -0.1) is 0 Å². The van der Waals surface area contributed by atoms with Crippen molar-refractivity contribution >= 4 is 24.5 Å². The molecule has 0 fully saturated rings. The summed E-state index contributed by atoms with van der Waals surface area (Å²) < 4.78 is 10.9. The Labute approximate surface area is 131 Å². The molecule has 0 heterocycles. The van der Waals surface area contributed by atoms with Gasteiger partial charge in [0.2, 0.25) is 0 Å². The quantitative estimate of drug-likeness (QED) is 0.797. The molecular formula is C17H19O4P. The van der Waals surface area contributed by atoms with Crippen molar-refractivity contribution < 1.29 is 19.4 Å². The molecule has 0 aromatic heterocycles. The number of methoxy groups -OCH3 is 2. The lowest BCUT2D eigenvalue weighted by Gasteiger charge is -2.22. The van der Waals surface area contributed by atoms with Crippen LogP contribution in [0.2, 0.25) is 0 Å². The molecule has 0 saturated carbocycles. The summed E-state index contributed by atoms with van der Waals surface area (Å²) in [5.74, 6) is 0.770. The maximum Gasteiger partial charge on any atom is 0.303 e. The Bertz CT molecular complexity index is 595. The fourth-order valence-corrected chi connectivity index (χ4v) is 4.84. The second-order valence-electron chi connectivity index (χ2n) is 4.64. The number of benzene rings is 2. The van der Waals surface area contributed by atoms with Gasteiger partial charge in [0.25, 0.3) is 0 Å². The maximum atomic E-state index is 11.0. The minimum absolute atomic E-state index is 0.113. The highest BCUT2D eigenvalue weighted by Crippen LogP contribution is 2.40. The molecule has 5 heteroatoms. The predicted molar refractivity (Wildman–Crippen MR) is 89.3 cm³/mol. The first-order valence-electron chi connectivity index (χ1n) is 6.92. The number of carboxylic acid groups (broad SMARTS) is 1. The minimum Gasteiger partial charge on any atom is -0.496 e. The van der Waals surface area contributed by atoms with Gasteiger partial charge < -0.3 is 14.6 Å². The second-order valence-corrected chi connectivity index (χ2v) is 6.91. The second kappa shape index (κ2) is 7.81. The van der Waals surface area contributed by atoms with E-state index in [-0.39, 0.29) is 6.42 Å². The van der Waals surface area contributed by atoms with E-state index in [1.54, 1.807) is 14.2 Å². The molecule has 0 unspecified atom stereocenters. The van der Waals surface area contributed by atoms with Crippen LogP contribution in [0.15, 0.2) is 48.5 Å². The summed E-state index contributed by atoms with van der Waals surface area (Å²) in [4.78, 5) is 11.0. The Morgan fingerprint density at radius 1 is 0.955 bits per heavy atom. The average molecular weight is 318 g/mol. The highest BCUT2D eigenvalue weighted by atomic mass is 31.1. The largest absolute Gasteiger partial charge is 0.496 e. The van der Waals surface area contributed by atoms with Crippen molar-refractivity contribution in [2.45, 2.75) is 6.42 Å². The molecule has 0 spiro atoms. The zero-order valence-corrected chi connectivity index (χ0v) is 13.5. The van der Waals surface area contributed by atoms with E-state index < -0.39 is 13.9 Å². The van der Waals surface area contributed by atoms with E-state index in [4.69, 9.17) is 14.6 Å². The molecule has 1 N–H and O–H groups in total. The molecule has 2 aromatic carbocycles. The summed E-state index contributed by atoms with van der Waals surface area (Å²) in [6, 6.07) is 15.5. The smallest absolute Gasteiger partial charge is 0.303 e. The van der Waals surface area contributed by atoms with Gasteiger partial charge in [0.05, 0.1) is 14.2 Å². The molecular weight excluding hydrogens is 299 g/mol. The van der Waals surface area contributed by atoms with Crippen molar-refractivity contribution in [1.29, 1.82) is 0 Å². The summed E-state index contributed by atoms with van der Waals surface area (Å²) in [5, 5.41) is 11.1. The van der Waals surface area contributed by atoms with Crippen LogP contribution in [0, 0.1) is 0 Å². The number of para-hydroxylation sites is 2. The number of aliphatic carboxylic acids is 1. The van der Waals surface area contributed by atoms with Crippen LogP contribution in [0.1, 0.15) is 6.42 Å². The molecule has 0 amide bonds. The number of hydrogen-bond acceptors (Lipinski definition) is 3. The highest BCUT2D eigenvalue weighted by molar-refractivity contribution is 7.73. The van der Waals surface area contributed by atoms with Gasteiger partial charge in [0.1, 0.15) is 11.5 Å². The third-order valence-corrected chi connectivity index (χ3v) is 5.87. The zero-order valence-electron chi connectivity index (χ0n) is 12.7. The van der Waals surface area contributed by atoms with Crippen LogP contribution in [-0.2, 0) is 4.79 Å². The van der Waals surface area contributed by atoms with E-state index in [0.717, 1.165) is 22.1 Å². The van der Waals surface area contributed by atoms with E-state index in [1.807, 2.05) is 48.5 Å². The first-order chi connectivity index (χ1) is 10.7. The Morgan fingerprint density at radius 2 is 1.41 bits per heavy atom. The summed E-state index contributed by atoms with van der Waals surface area (Å²) in [6.07, 6.45) is 0.660. The summed E-state index contributed by atoms with van der Waals surface area (Å²) in [5.41, 5.74) is 0. The highest BCUT2D eigenvalue weighted by Gasteiger charge is 2.21. The van der Waals surface area contributed by atoms with Crippen molar-refractivity contribution in [3.05, 3.63) is 48.5 Å². The van der Waals surface area contributed by atoms with Crippen LogP contribution in [0.3, 0.4) is 0 Å². The van der Waals surface area contributed by atoms with Crippen LogP contribution in [0.5, 0.6) is 11.5 Å². The topological polar surface area (TPSA) is 55.8 Å². The Hall–Kier alpha value is -2.06. The molecule has 22 heavy (non-hydrogen) atoms. The van der Waals surface area contributed by atoms with Crippen LogP contribution < -0.4 is 20.1 Å². The molecule has 0 aliphatic heterocycles. The number of rotatable bonds is 7. The molecule has 0 aliphatic rings. The van der Waals surface area contributed by atoms with Crippen LogP contribution in [-0.4, -0.2) is 31.5 Å². The van der Waals surface area contributed by atoms with Gasteiger partial charge in [-0.05, 0) is 26.2 Å².